The van der Waals surface area contributed by atoms with Crippen molar-refractivity contribution in [3.8, 4) is 17.5 Å². The van der Waals surface area contributed by atoms with E-state index in [-0.39, 0.29) is 0 Å². The molecule has 0 N–H and O–H groups in total. The molecule has 0 radical (unpaired) electrons. The molecule has 0 saturated heterocycles. The third kappa shape index (κ3) is 2.50. The van der Waals surface area contributed by atoms with Gasteiger partial charge in [-0.1, -0.05) is 0 Å². The van der Waals surface area contributed by atoms with E-state index >= 15 is 0 Å². The van der Waals surface area contributed by atoms with Crippen LogP contribution in [0.4, 0.5) is 0 Å². The molecule has 2 rings (SSSR count). The van der Waals surface area contributed by atoms with Gasteiger partial charge < -0.3 is 4.42 Å². The molecule has 2 aromatic rings. The Hall–Kier alpha value is -1.60. The number of furan rings is 1. The molecule has 0 amide bonds. The summed E-state index contributed by atoms with van der Waals surface area (Å²) in [6.07, 6.45) is 2.34. The Bertz CT molecular complexity index is 507. The predicted molar refractivity (Wildman–Crippen MR) is 63.1 cm³/mol. The predicted octanol–water partition coefficient (Wildman–Crippen LogP) is 3.56. The van der Waals surface area contributed by atoms with Gasteiger partial charge in [0, 0.05) is 18.2 Å². The maximum atomic E-state index is 8.45. The van der Waals surface area contributed by atoms with E-state index in [0.717, 1.165) is 35.1 Å². The van der Waals surface area contributed by atoms with Crippen molar-refractivity contribution in [2.45, 2.75) is 26.2 Å². The lowest BCUT2D eigenvalue weighted by Gasteiger charge is -1.91. The van der Waals surface area contributed by atoms with Crippen molar-refractivity contribution in [3.05, 3.63) is 28.3 Å². The highest BCUT2D eigenvalue weighted by molar-refractivity contribution is 7.09. The molecule has 0 fully saturated rings. The third-order valence-electron chi connectivity index (χ3n) is 2.22. The van der Waals surface area contributed by atoms with Crippen molar-refractivity contribution in [3.63, 3.8) is 0 Å². The van der Waals surface area contributed by atoms with Gasteiger partial charge in [0.15, 0.2) is 5.76 Å². The second-order valence-corrected chi connectivity index (χ2v) is 4.49. The SMILES string of the molecule is Cc1ccc(-c2csc(CCCC#N)n2)o1. The fourth-order valence-corrected chi connectivity index (χ4v) is 2.26. The van der Waals surface area contributed by atoms with Crippen molar-refractivity contribution in [2.24, 2.45) is 0 Å². The van der Waals surface area contributed by atoms with Gasteiger partial charge in [-0.2, -0.15) is 5.26 Å². The summed E-state index contributed by atoms with van der Waals surface area (Å²) < 4.78 is 5.50. The molecule has 0 bridgehead atoms. The summed E-state index contributed by atoms with van der Waals surface area (Å²) >= 11 is 1.62. The highest BCUT2D eigenvalue weighted by Gasteiger charge is 2.07. The lowest BCUT2D eigenvalue weighted by atomic mass is 10.2. The number of nitriles is 1. The van der Waals surface area contributed by atoms with Gasteiger partial charge in [-0.05, 0) is 25.5 Å². The van der Waals surface area contributed by atoms with E-state index in [2.05, 4.69) is 11.1 Å². The fourth-order valence-electron chi connectivity index (χ4n) is 1.43. The van der Waals surface area contributed by atoms with Crippen molar-refractivity contribution < 1.29 is 4.42 Å². The van der Waals surface area contributed by atoms with Crippen molar-refractivity contribution in [1.82, 2.24) is 4.98 Å². The van der Waals surface area contributed by atoms with E-state index in [1.54, 1.807) is 11.3 Å². The average Bonchev–Trinajstić information content (AvgIpc) is 2.87. The molecule has 0 aliphatic carbocycles. The summed E-state index contributed by atoms with van der Waals surface area (Å²) in [4.78, 5) is 4.48. The summed E-state index contributed by atoms with van der Waals surface area (Å²) in [5.41, 5.74) is 0.894. The Morgan fingerprint density at radius 3 is 3.06 bits per heavy atom. The van der Waals surface area contributed by atoms with E-state index < -0.39 is 0 Å². The highest BCUT2D eigenvalue weighted by Crippen LogP contribution is 2.24. The zero-order chi connectivity index (χ0) is 11.4. The number of aryl methyl sites for hydroxylation is 2. The summed E-state index contributed by atoms with van der Waals surface area (Å²) in [7, 11) is 0. The smallest absolute Gasteiger partial charge is 0.153 e. The zero-order valence-electron chi connectivity index (χ0n) is 9.06. The maximum Gasteiger partial charge on any atom is 0.153 e. The number of rotatable bonds is 4. The number of unbranched alkanes of at least 4 members (excludes halogenated alkanes) is 1. The minimum Gasteiger partial charge on any atom is -0.460 e. The molecule has 3 nitrogen and oxygen atoms in total. The quantitative estimate of drug-likeness (QED) is 0.757. The van der Waals surface area contributed by atoms with Crippen LogP contribution in [0, 0.1) is 18.3 Å². The Kier molecular flexibility index (Phi) is 3.37. The van der Waals surface area contributed by atoms with Crippen LogP contribution in [0.25, 0.3) is 11.5 Å². The summed E-state index contributed by atoms with van der Waals surface area (Å²) in [5, 5.41) is 11.5. The first-order chi connectivity index (χ1) is 7.79. The molecule has 0 unspecified atom stereocenters. The molecule has 0 aliphatic heterocycles. The lowest BCUT2D eigenvalue weighted by Crippen LogP contribution is -1.83. The normalized spacial score (nSPS) is 10.2. The standard InChI is InChI=1S/C12H12N2OS/c1-9-5-6-11(15-9)10-8-16-12(14-10)4-2-3-7-13/h5-6,8H,2-4H2,1H3. The number of thiazole rings is 1. The van der Waals surface area contributed by atoms with Gasteiger partial charge in [0.2, 0.25) is 0 Å². The minimum atomic E-state index is 0.592. The van der Waals surface area contributed by atoms with Gasteiger partial charge in [0.25, 0.3) is 0 Å². The minimum absolute atomic E-state index is 0.592. The molecule has 0 aromatic carbocycles. The van der Waals surface area contributed by atoms with E-state index in [9.17, 15) is 0 Å². The van der Waals surface area contributed by atoms with Crippen LogP contribution < -0.4 is 0 Å². The van der Waals surface area contributed by atoms with E-state index in [1.165, 1.54) is 0 Å². The van der Waals surface area contributed by atoms with Crippen LogP contribution in [0.15, 0.2) is 21.9 Å². The van der Waals surface area contributed by atoms with Crippen LogP contribution in [0.2, 0.25) is 0 Å². The van der Waals surface area contributed by atoms with E-state index in [0.29, 0.717) is 6.42 Å². The number of nitrogens with zero attached hydrogens (tertiary/aromatic N) is 2. The van der Waals surface area contributed by atoms with Gasteiger partial charge in [-0.25, -0.2) is 4.98 Å². The maximum absolute atomic E-state index is 8.45. The van der Waals surface area contributed by atoms with Gasteiger partial charge in [0.05, 0.1) is 11.1 Å². The van der Waals surface area contributed by atoms with E-state index in [4.69, 9.17) is 9.68 Å². The highest BCUT2D eigenvalue weighted by atomic mass is 32.1. The van der Waals surface area contributed by atoms with Gasteiger partial charge >= 0.3 is 0 Å². The van der Waals surface area contributed by atoms with Crippen LogP contribution in [-0.4, -0.2) is 4.98 Å². The Morgan fingerprint density at radius 1 is 1.50 bits per heavy atom. The average molecular weight is 232 g/mol. The lowest BCUT2D eigenvalue weighted by molar-refractivity contribution is 0.546. The van der Waals surface area contributed by atoms with Crippen molar-refractivity contribution in [1.29, 1.82) is 5.26 Å². The Balaban J connectivity index is 2.05. The van der Waals surface area contributed by atoms with Gasteiger partial charge in [-0.15, -0.1) is 11.3 Å². The van der Waals surface area contributed by atoms with Crippen LogP contribution in [0.1, 0.15) is 23.6 Å². The first kappa shape index (κ1) is 10.9. The summed E-state index contributed by atoms with van der Waals surface area (Å²) in [6, 6.07) is 6.01. The molecular weight excluding hydrogens is 220 g/mol. The third-order valence-corrected chi connectivity index (χ3v) is 3.13. The number of hydrogen-bond acceptors (Lipinski definition) is 4. The van der Waals surface area contributed by atoms with Gasteiger partial charge in [-0.3, -0.25) is 0 Å². The number of aromatic nitrogens is 1. The molecule has 2 aromatic heterocycles. The van der Waals surface area contributed by atoms with Crippen LogP contribution in [0.5, 0.6) is 0 Å². The first-order valence-corrected chi connectivity index (χ1v) is 6.06. The zero-order valence-corrected chi connectivity index (χ0v) is 9.88. The molecule has 82 valence electrons. The topological polar surface area (TPSA) is 49.8 Å². The summed E-state index contributed by atoms with van der Waals surface area (Å²) in [5.74, 6) is 1.72. The number of hydrogen-bond donors (Lipinski definition) is 0. The monoisotopic (exact) mass is 232 g/mol. The molecule has 0 aliphatic rings. The molecular formula is C12H12N2OS. The molecule has 0 saturated carbocycles. The van der Waals surface area contributed by atoms with Crippen molar-refractivity contribution >= 4 is 11.3 Å². The van der Waals surface area contributed by atoms with Crippen LogP contribution >= 0.6 is 11.3 Å². The Labute approximate surface area is 98.4 Å². The van der Waals surface area contributed by atoms with Crippen LogP contribution in [0.3, 0.4) is 0 Å². The molecule has 16 heavy (non-hydrogen) atoms. The molecule has 4 heteroatoms. The fraction of sp³-hybridized carbons (Fsp3) is 0.333. The summed E-state index contributed by atoms with van der Waals surface area (Å²) in [6.45, 7) is 1.92. The first-order valence-electron chi connectivity index (χ1n) is 5.18. The molecule has 0 spiro atoms. The van der Waals surface area contributed by atoms with Crippen LogP contribution in [-0.2, 0) is 6.42 Å². The van der Waals surface area contributed by atoms with Gasteiger partial charge in [0.1, 0.15) is 11.5 Å². The van der Waals surface area contributed by atoms with E-state index in [1.807, 2.05) is 24.4 Å². The molecule has 0 atom stereocenters. The second-order valence-electron chi connectivity index (χ2n) is 3.55. The molecule has 2 heterocycles. The second kappa shape index (κ2) is 4.95. The van der Waals surface area contributed by atoms with Crippen molar-refractivity contribution in [2.75, 3.05) is 0 Å². The largest absolute Gasteiger partial charge is 0.460 e. The Morgan fingerprint density at radius 2 is 2.38 bits per heavy atom.